The second-order valence-electron chi connectivity index (χ2n) is 5.83. The van der Waals surface area contributed by atoms with E-state index in [0.717, 1.165) is 60.7 Å². The first-order valence-electron chi connectivity index (χ1n) is 8.16. The number of benzene rings is 2. The summed E-state index contributed by atoms with van der Waals surface area (Å²) in [7, 11) is 0. The lowest BCUT2D eigenvalue weighted by Gasteiger charge is -2.10. The first-order valence-corrected chi connectivity index (χ1v) is 8.54. The fourth-order valence-corrected chi connectivity index (χ4v) is 3.05. The van der Waals surface area contributed by atoms with E-state index in [4.69, 9.17) is 22.3 Å². The Morgan fingerprint density at radius 1 is 1.00 bits per heavy atom. The Morgan fingerprint density at radius 2 is 1.83 bits per heavy atom. The van der Waals surface area contributed by atoms with Crippen LogP contribution in [-0.4, -0.2) is 16.1 Å². The molecule has 0 saturated carbocycles. The number of fused-ring (bicyclic) bond motifs is 1. The van der Waals surface area contributed by atoms with Gasteiger partial charge >= 0.3 is 0 Å². The zero-order valence-electron chi connectivity index (χ0n) is 13.2. The van der Waals surface area contributed by atoms with Crippen LogP contribution >= 0.6 is 11.6 Å². The van der Waals surface area contributed by atoms with Gasteiger partial charge in [0.05, 0.1) is 11.0 Å². The molecule has 3 nitrogen and oxygen atoms in total. The molecule has 0 radical (unpaired) electrons. The predicted molar refractivity (Wildman–Crippen MR) is 96.9 cm³/mol. The summed E-state index contributed by atoms with van der Waals surface area (Å²) in [4.78, 5) is 4.82. The maximum Gasteiger partial charge on any atom is 0.110 e. The number of imidazole rings is 1. The lowest BCUT2D eigenvalue weighted by atomic mass is 10.2. The van der Waals surface area contributed by atoms with E-state index in [1.165, 1.54) is 5.56 Å². The molecular weight excluding hydrogens is 306 g/mol. The Bertz CT molecular complexity index is 765. The van der Waals surface area contributed by atoms with Crippen LogP contribution in [0.4, 0.5) is 0 Å². The van der Waals surface area contributed by atoms with Gasteiger partial charge in [0, 0.05) is 18.0 Å². The summed E-state index contributed by atoms with van der Waals surface area (Å²) in [5, 5.41) is 0.751. The highest BCUT2D eigenvalue weighted by Gasteiger charge is 2.11. The van der Waals surface area contributed by atoms with Crippen molar-refractivity contribution < 1.29 is 0 Å². The highest BCUT2D eigenvalue weighted by Crippen LogP contribution is 2.23. The molecule has 0 aliphatic carbocycles. The van der Waals surface area contributed by atoms with Crippen LogP contribution in [0.5, 0.6) is 0 Å². The van der Waals surface area contributed by atoms with Crippen molar-refractivity contribution in [2.24, 2.45) is 5.73 Å². The van der Waals surface area contributed by atoms with E-state index >= 15 is 0 Å². The minimum absolute atomic E-state index is 0.751. The molecule has 0 spiro atoms. The van der Waals surface area contributed by atoms with Crippen molar-refractivity contribution >= 4 is 22.6 Å². The number of nitrogens with zero attached hydrogens (tertiary/aromatic N) is 2. The Morgan fingerprint density at radius 3 is 2.61 bits per heavy atom. The number of hydrogen-bond donors (Lipinski definition) is 1. The molecule has 2 N–H and O–H groups in total. The first kappa shape index (κ1) is 16.0. The topological polar surface area (TPSA) is 43.8 Å². The standard InChI is InChI=1S/C19H22ClN3/c20-16-10-11-17-18(13-16)23(14-15-7-3-1-4-8-15)19(22-17)9-5-2-6-12-21/h1,3-4,7-8,10-11,13H,2,5-6,9,12,14,21H2. The number of rotatable bonds is 7. The Hall–Kier alpha value is -1.84. The van der Waals surface area contributed by atoms with Gasteiger partial charge in [0.2, 0.25) is 0 Å². The van der Waals surface area contributed by atoms with Gasteiger partial charge in [-0.2, -0.15) is 0 Å². The third kappa shape index (κ3) is 3.92. The van der Waals surface area contributed by atoms with Crippen molar-refractivity contribution in [3.63, 3.8) is 0 Å². The Balaban J connectivity index is 1.92. The Labute approximate surface area is 142 Å². The molecule has 0 fully saturated rings. The highest BCUT2D eigenvalue weighted by atomic mass is 35.5. The maximum atomic E-state index is 6.19. The summed E-state index contributed by atoms with van der Waals surface area (Å²) in [5.74, 6) is 1.13. The molecule has 1 heterocycles. The molecule has 0 saturated heterocycles. The molecule has 23 heavy (non-hydrogen) atoms. The largest absolute Gasteiger partial charge is 0.330 e. The smallest absolute Gasteiger partial charge is 0.110 e. The molecule has 3 rings (SSSR count). The second-order valence-corrected chi connectivity index (χ2v) is 6.27. The summed E-state index contributed by atoms with van der Waals surface area (Å²) in [6.07, 6.45) is 4.30. The Kier molecular flexibility index (Phi) is 5.31. The van der Waals surface area contributed by atoms with Crippen LogP contribution in [0.3, 0.4) is 0 Å². The summed E-state index contributed by atoms with van der Waals surface area (Å²) in [6, 6.07) is 16.4. The van der Waals surface area contributed by atoms with Gasteiger partial charge in [-0.3, -0.25) is 0 Å². The van der Waals surface area contributed by atoms with E-state index in [2.05, 4.69) is 28.8 Å². The van der Waals surface area contributed by atoms with Gasteiger partial charge in [-0.15, -0.1) is 0 Å². The van der Waals surface area contributed by atoms with Crippen molar-refractivity contribution in [3.05, 3.63) is 64.9 Å². The van der Waals surface area contributed by atoms with E-state index in [-0.39, 0.29) is 0 Å². The summed E-state index contributed by atoms with van der Waals surface area (Å²) in [5.41, 5.74) is 8.98. The van der Waals surface area contributed by atoms with Crippen molar-refractivity contribution in [2.75, 3.05) is 6.54 Å². The number of unbranched alkanes of at least 4 members (excludes halogenated alkanes) is 2. The molecule has 3 aromatic rings. The van der Waals surface area contributed by atoms with Crippen molar-refractivity contribution in [1.29, 1.82) is 0 Å². The van der Waals surface area contributed by atoms with Gasteiger partial charge in [-0.25, -0.2) is 4.98 Å². The minimum atomic E-state index is 0.751. The van der Waals surface area contributed by atoms with Crippen LogP contribution in [0.25, 0.3) is 11.0 Å². The highest BCUT2D eigenvalue weighted by molar-refractivity contribution is 6.31. The van der Waals surface area contributed by atoms with Gasteiger partial charge in [-0.1, -0.05) is 48.4 Å². The monoisotopic (exact) mass is 327 g/mol. The SMILES string of the molecule is NCCCCCc1nc2ccc(Cl)cc2n1Cc1ccccc1. The van der Waals surface area contributed by atoms with Gasteiger partial charge in [0.25, 0.3) is 0 Å². The molecule has 4 heteroatoms. The number of nitrogens with two attached hydrogens (primary N) is 1. The number of aryl methyl sites for hydroxylation is 1. The normalized spacial score (nSPS) is 11.2. The third-order valence-electron chi connectivity index (χ3n) is 4.08. The fraction of sp³-hybridized carbons (Fsp3) is 0.316. The molecule has 0 bridgehead atoms. The molecule has 0 unspecified atom stereocenters. The number of halogens is 1. The van der Waals surface area contributed by atoms with Crippen LogP contribution in [0.2, 0.25) is 5.02 Å². The summed E-state index contributed by atoms with van der Waals surface area (Å²) >= 11 is 6.19. The van der Waals surface area contributed by atoms with Crippen LogP contribution < -0.4 is 5.73 Å². The van der Waals surface area contributed by atoms with Crippen LogP contribution in [0, 0.1) is 0 Å². The number of aromatic nitrogens is 2. The van der Waals surface area contributed by atoms with E-state index in [9.17, 15) is 0 Å². The van der Waals surface area contributed by atoms with Crippen LogP contribution in [-0.2, 0) is 13.0 Å². The lowest BCUT2D eigenvalue weighted by Crippen LogP contribution is -2.06. The molecule has 0 atom stereocenters. The zero-order chi connectivity index (χ0) is 16.1. The fourth-order valence-electron chi connectivity index (χ4n) is 2.88. The molecular formula is C19H22ClN3. The van der Waals surface area contributed by atoms with Crippen LogP contribution in [0.1, 0.15) is 30.7 Å². The molecule has 0 aliphatic rings. The van der Waals surface area contributed by atoms with Gasteiger partial charge in [0.15, 0.2) is 0 Å². The lowest BCUT2D eigenvalue weighted by molar-refractivity contribution is 0.644. The van der Waals surface area contributed by atoms with Gasteiger partial charge in [0.1, 0.15) is 5.82 Å². The molecule has 0 amide bonds. The van der Waals surface area contributed by atoms with Crippen molar-refractivity contribution in [1.82, 2.24) is 9.55 Å². The average Bonchev–Trinajstić information content (AvgIpc) is 2.90. The molecule has 0 aliphatic heterocycles. The average molecular weight is 328 g/mol. The van der Waals surface area contributed by atoms with E-state index in [1.807, 2.05) is 24.3 Å². The molecule has 2 aromatic carbocycles. The summed E-state index contributed by atoms with van der Waals surface area (Å²) < 4.78 is 2.29. The third-order valence-corrected chi connectivity index (χ3v) is 4.31. The van der Waals surface area contributed by atoms with E-state index in [1.54, 1.807) is 0 Å². The van der Waals surface area contributed by atoms with Gasteiger partial charge < -0.3 is 10.3 Å². The molecule has 1 aromatic heterocycles. The predicted octanol–water partition coefficient (Wildman–Crippen LogP) is 4.41. The second kappa shape index (κ2) is 7.62. The first-order chi connectivity index (χ1) is 11.3. The van der Waals surface area contributed by atoms with Crippen LogP contribution in [0.15, 0.2) is 48.5 Å². The van der Waals surface area contributed by atoms with Gasteiger partial charge in [-0.05, 0) is 43.1 Å². The molecule has 120 valence electrons. The van der Waals surface area contributed by atoms with E-state index < -0.39 is 0 Å². The zero-order valence-corrected chi connectivity index (χ0v) is 14.0. The van der Waals surface area contributed by atoms with E-state index in [0.29, 0.717) is 0 Å². The quantitative estimate of drug-likeness (QED) is 0.653. The minimum Gasteiger partial charge on any atom is -0.330 e. The summed E-state index contributed by atoms with van der Waals surface area (Å²) in [6.45, 7) is 1.58. The number of hydrogen-bond acceptors (Lipinski definition) is 2. The maximum absolute atomic E-state index is 6.19. The van der Waals surface area contributed by atoms with Crippen molar-refractivity contribution in [3.8, 4) is 0 Å². The van der Waals surface area contributed by atoms with Crippen molar-refractivity contribution in [2.45, 2.75) is 32.2 Å².